The van der Waals surface area contributed by atoms with Gasteiger partial charge in [0.25, 0.3) is 0 Å². The van der Waals surface area contributed by atoms with Crippen LogP contribution >= 0.6 is 11.6 Å². The van der Waals surface area contributed by atoms with Crippen molar-refractivity contribution in [1.82, 2.24) is 4.90 Å². The van der Waals surface area contributed by atoms with Gasteiger partial charge in [0, 0.05) is 22.8 Å². The predicted molar refractivity (Wildman–Crippen MR) is 160 cm³/mol. The highest BCUT2D eigenvalue weighted by Gasteiger charge is 2.71. The molecule has 1 amide bonds. The van der Waals surface area contributed by atoms with Crippen molar-refractivity contribution in [1.29, 1.82) is 0 Å². The van der Waals surface area contributed by atoms with Crippen molar-refractivity contribution in [2.75, 3.05) is 5.32 Å². The lowest BCUT2D eigenvalue weighted by molar-refractivity contribution is -0.122. The predicted octanol–water partition coefficient (Wildman–Crippen LogP) is 7.07. The second kappa shape index (κ2) is 9.03. The molecule has 3 aliphatic rings. The molecule has 4 aromatic carbocycles. The Kier molecular flexibility index (Phi) is 5.34. The number of fused-ring (bicyclic) bond motifs is 7. The highest BCUT2D eigenvalue weighted by molar-refractivity contribution is 6.34. The third-order valence-electron chi connectivity index (χ3n) is 8.93. The van der Waals surface area contributed by atoms with Gasteiger partial charge < -0.3 is 14.6 Å². The first-order chi connectivity index (χ1) is 20.5. The van der Waals surface area contributed by atoms with Crippen molar-refractivity contribution in [2.45, 2.75) is 17.5 Å². The summed E-state index contributed by atoms with van der Waals surface area (Å²) < 4.78 is 6.09. The van der Waals surface area contributed by atoms with Crippen LogP contribution in [0, 0.1) is 5.92 Å². The zero-order valence-corrected chi connectivity index (χ0v) is 22.9. The van der Waals surface area contributed by atoms with Crippen LogP contribution in [0.15, 0.2) is 114 Å². The fourth-order valence-corrected chi connectivity index (χ4v) is 7.47. The highest BCUT2D eigenvalue weighted by Crippen LogP contribution is 2.62. The molecule has 1 N–H and O–H groups in total. The molecule has 8 rings (SSSR count). The number of halogens is 1. The summed E-state index contributed by atoms with van der Waals surface area (Å²) in [5.41, 5.74) is 2.51. The van der Waals surface area contributed by atoms with Crippen molar-refractivity contribution in [3.8, 4) is 0 Å². The van der Waals surface area contributed by atoms with Gasteiger partial charge in [-0.25, -0.2) is 0 Å². The Labute approximate surface area is 246 Å². The molecule has 204 valence electrons. The topological polar surface area (TPSA) is 79.6 Å². The minimum Gasteiger partial charge on any atom is -0.453 e. The van der Waals surface area contributed by atoms with Crippen molar-refractivity contribution >= 4 is 51.8 Å². The summed E-state index contributed by atoms with van der Waals surface area (Å²) in [6.45, 7) is 0. The second-order valence-electron chi connectivity index (χ2n) is 10.9. The Balaban J connectivity index is 1.44. The molecular formula is C35H23ClN2O4. The Bertz CT molecular complexity index is 1960. The zero-order valence-electron chi connectivity index (χ0n) is 22.2. The second-order valence-corrected chi connectivity index (χ2v) is 11.3. The van der Waals surface area contributed by atoms with E-state index in [1.54, 1.807) is 36.4 Å². The van der Waals surface area contributed by atoms with E-state index in [0.717, 1.165) is 16.5 Å². The standard InChI is InChI=1S/C35H23ClN2O4/c36-25-14-6-4-12-23(25)31(39)30-29(32(40)28-19-21-10-2-8-16-27(21)42-28)35(24-13-5-7-15-26(24)37-34(35)41)33-22-11-3-1-9-20(22)17-18-38(30)33/h1-19,29-30,33H,(H,37,41)/t29-,30+,33+,35-/m1/s1. The lowest BCUT2D eigenvalue weighted by atomic mass is 9.63. The van der Waals surface area contributed by atoms with E-state index in [0.29, 0.717) is 22.4 Å². The summed E-state index contributed by atoms with van der Waals surface area (Å²) in [6.07, 6.45) is 3.77. The molecule has 4 atom stereocenters. The number of ketones is 2. The monoisotopic (exact) mass is 570 g/mol. The van der Waals surface area contributed by atoms with E-state index in [1.807, 2.05) is 83.9 Å². The number of carbonyl (C=O) groups is 3. The Hall–Kier alpha value is -4.94. The number of benzene rings is 4. The van der Waals surface area contributed by atoms with Crippen LogP contribution in [-0.4, -0.2) is 28.4 Å². The molecule has 6 nitrogen and oxygen atoms in total. The van der Waals surface area contributed by atoms with Gasteiger partial charge in [-0.1, -0.05) is 84.4 Å². The van der Waals surface area contributed by atoms with Crippen LogP contribution in [0.25, 0.3) is 17.0 Å². The Morgan fingerprint density at radius 3 is 2.45 bits per heavy atom. The van der Waals surface area contributed by atoms with Crippen LogP contribution in [0.2, 0.25) is 5.02 Å². The van der Waals surface area contributed by atoms with Crippen LogP contribution < -0.4 is 5.32 Å². The molecule has 0 radical (unpaired) electrons. The summed E-state index contributed by atoms with van der Waals surface area (Å²) in [6, 6.07) is 29.4. The molecule has 1 aromatic heterocycles. The normalized spacial score (nSPS) is 23.5. The number of nitrogens with one attached hydrogen (secondary N) is 1. The SMILES string of the molecule is O=C(c1ccccc1Cl)[C@@H]1[C@H](C(=O)c2cc3ccccc3o2)[C@@]2(C(=O)Nc3ccccc32)[C@@H]2c3ccccc3C=CN12. The summed E-state index contributed by atoms with van der Waals surface area (Å²) in [5.74, 6) is -2.10. The van der Waals surface area contributed by atoms with Crippen molar-refractivity contribution < 1.29 is 18.8 Å². The number of amides is 1. The maximum absolute atomic E-state index is 14.9. The quantitative estimate of drug-likeness (QED) is 0.234. The molecule has 5 aromatic rings. The maximum Gasteiger partial charge on any atom is 0.238 e. The van der Waals surface area contributed by atoms with Gasteiger partial charge in [0.1, 0.15) is 17.0 Å². The number of hydrogen-bond donors (Lipinski definition) is 1. The lowest BCUT2D eigenvalue weighted by Crippen LogP contribution is -2.49. The smallest absolute Gasteiger partial charge is 0.238 e. The molecule has 0 saturated carbocycles. The number of para-hydroxylation sites is 2. The van der Waals surface area contributed by atoms with Crippen molar-refractivity contribution in [2.24, 2.45) is 5.92 Å². The summed E-state index contributed by atoms with van der Waals surface area (Å²) in [7, 11) is 0. The molecule has 0 aliphatic carbocycles. The lowest BCUT2D eigenvalue weighted by Gasteiger charge is -2.38. The number of carbonyl (C=O) groups excluding carboxylic acids is 3. The molecule has 42 heavy (non-hydrogen) atoms. The van der Waals surface area contributed by atoms with E-state index in [9.17, 15) is 14.4 Å². The fraction of sp³-hybridized carbons (Fsp3) is 0.114. The zero-order chi connectivity index (χ0) is 28.6. The van der Waals surface area contributed by atoms with E-state index in [-0.39, 0.29) is 22.5 Å². The number of Topliss-reactive ketones (excluding diaryl/α,β-unsaturated/α-hetero) is 2. The first-order valence-corrected chi connectivity index (χ1v) is 14.1. The van der Waals surface area contributed by atoms with Crippen LogP contribution in [-0.2, 0) is 10.2 Å². The number of rotatable bonds is 4. The first-order valence-electron chi connectivity index (χ1n) is 13.8. The molecule has 1 spiro atoms. The average Bonchev–Trinajstić information content (AvgIpc) is 3.68. The number of anilines is 1. The van der Waals surface area contributed by atoms with E-state index in [4.69, 9.17) is 16.0 Å². The van der Waals surface area contributed by atoms with Gasteiger partial charge in [-0.05, 0) is 53.1 Å². The Morgan fingerprint density at radius 1 is 0.857 bits per heavy atom. The largest absolute Gasteiger partial charge is 0.453 e. The molecule has 0 unspecified atom stereocenters. The molecule has 0 bridgehead atoms. The summed E-state index contributed by atoms with van der Waals surface area (Å²) in [4.78, 5) is 46.0. The number of furan rings is 1. The highest BCUT2D eigenvalue weighted by atomic mass is 35.5. The van der Waals surface area contributed by atoms with Gasteiger partial charge in [0.15, 0.2) is 11.5 Å². The van der Waals surface area contributed by atoms with Gasteiger partial charge in [-0.3, -0.25) is 14.4 Å². The number of nitrogens with zero attached hydrogens (tertiary/aromatic N) is 1. The van der Waals surface area contributed by atoms with Gasteiger partial charge in [-0.2, -0.15) is 0 Å². The Morgan fingerprint density at radius 2 is 1.60 bits per heavy atom. The fourth-order valence-electron chi connectivity index (χ4n) is 7.24. The summed E-state index contributed by atoms with van der Waals surface area (Å²) >= 11 is 6.57. The first kappa shape index (κ1) is 24.8. The van der Waals surface area contributed by atoms with E-state index in [1.165, 1.54) is 0 Å². The van der Waals surface area contributed by atoms with Crippen molar-refractivity contribution in [3.05, 3.63) is 142 Å². The van der Waals surface area contributed by atoms with Crippen LogP contribution in [0.3, 0.4) is 0 Å². The number of hydrogen-bond acceptors (Lipinski definition) is 5. The maximum atomic E-state index is 14.9. The molecule has 1 fully saturated rings. The van der Waals surface area contributed by atoms with E-state index in [2.05, 4.69) is 5.32 Å². The van der Waals surface area contributed by atoms with E-state index >= 15 is 0 Å². The van der Waals surface area contributed by atoms with Crippen molar-refractivity contribution in [3.63, 3.8) is 0 Å². The molecule has 3 aliphatic heterocycles. The van der Waals surface area contributed by atoms with Gasteiger partial charge in [-0.15, -0.1) is 0 Å². The summed E-state index contributed by atoms with van der Waals surface area (Å²) in [5, 5.41) is 4.11. The van der Waals surface area contributed by atoms with Gasteiger partial charge in [0.05, 0.1) is 17.0 Å². The van der Waals surface area contributed by atoms with Crippen LogP contribution in [0.5, 0.6) is 0 Å². The third kappa shape index (κ3) is 3.24. The van der Waals surface area contributed by atoms with Crippen LogP contribution in [0.4, 0.5) is 5.69 Å². The van der Waals surface area contributed by atoms with E-state index < -0.39 is 29.2 Å². The minimum absolute atomic E-state index is 0.104. The minimum atomic E-state index is -1.44. The average molecular weight is 571 g/mol. The molecule has 7 heteroatoms. The molecule has 4 heterocycles. The van der Waals surface area contributed by atoms with Crippen LogP contribution in [0.1, 0.15) is 43.6 Å². The molecule has 1 saturated heterocycles. The third-order valence-corrected chi connectivity index (χ3v) is 9.26. The molecular weight excluding hydrogens is 548 g/mol. The van der Waals surface area contributed by atoms with Gasteiger partial charge >= 0.3 is 0 Å². The van der Waals surface area contributed by atoms with Gasteiger partial charge in [0.2, 0.25) is 11.7 Å².